The number of nitrogens with two attached hydrogens (primary N) is 1. The Morgan fingerprint density at radius 3 is 2.63 bits per heavy atom. The Bertz CT molecular complexity index is 475. The van der Waals surface area contributed by atoms with Crippen LogP contribution in [0.2, 0.25) is 0 Å². The molecular formula is C14H19BrN2O2. The fourth-order valence-corrected chi connectivity index (χ4v) is 2.18. The van der Waals surface area contributed by atoms with E-state index in [0.29, 0.717) is 12.1 Å². The number of hydrogen-bond donors (Lipinski definition) is 1. The van der Waals surface area contributed by atoms with Crippen molar-refractivity contribution in [3.63, 3.8) is 0 Å². The van der Waals surface area contributed by atoms with Crippen molar-refractivity contribution >= 4 is 27.7 Å². The highest BCUT2D eigenvalue weighted by atomic mass is 79.9. The molecule has 4 nitrogen and oxygen atoms in total. The summed E-state index contributed by atoms with van der Waals surface area (Å²) < 4.78 is 0.731. The van der Waals surface area contributed by atoms with Gasteiger partial charge in [-0.05, 0) is 41.4 Å². The van der Waals surface area contributed by atoms with Gasteiger partial charge in [0.1, 0.15) is 0 Å². The minimum Gasteiger partial charge on any atom is -0.368 e. The van der Waals surface area contributed by atoms with Gasteiger partial charge in [0.25, 0.3) is 5.91 Å². The molecular weight excluding hydrogens is 308 g/mol. The maximum absolute atomic E-state index is 12.4. The second kappa shape index (κ2) is 7.28. The Kier molecular flexibility index (Phi) is 6.02. The number of amides is 2. The fourth-order valence-electron chi connectivity index (χ4n) is 1.76. The van der Waals surface area contributed by atoms with Crippen LogP contribution in [0.15, 0.2) is 22.7 Å². The Hall–Kier alpha value is -1.36. The van der Waals surface area contributed by atoms with E-state index in [4.69, 9.17) is 5.73 Å². The normalized spacial score (nSPS) is 10.3. The first-order chi connectivity index (χ1) is 8.95. The molecule has 5 heteroatoms. The van der Waals surface area contributed by atoms with Crippen LogP contribution in [0.25, 0.3) is 0 Å². The van der Waals surface area contributed by atoms with Crippen LogP contribution in [0.5, 0.6) is 0 Å². The number of carbonyl (C=O) groups is 2. The third-order valence-corrected chi connectivity index (χ3v) is 3.46. The average molecular weight is 327 g/mol. The summed E-state index contributed by atoms with van der Waals surface area (Å²) in [5.74, 6) is -0.656. The zero-order chi connectivity index (χ0) is 14.4. The minimum atomic E-state index is -0.492. The molecule has 0 aliphatic rings. The number of hydrogen-bond acceptors (Lipinski definition) is 2. The molecule has 0 saturated heterocycles. The summed E-state index contributed by atoms with van der Waals surface area (Å²) in [6.45, 7) is 4.46. The summed E-state index contributed by atoms with van der Waals surface area (Å²) in [5.41, 5.74) is 6.77. The van der Waals surface area contributed by atoms with Crippen molar-refractivity contribution in [2.75, 3.05) is 13.1 Å². The van der Waals surface area contributed by atoms with Crippen molar-refractivity contribution in [1.82, 2.24) is 4.90 Å². The van der Waals surface area contributed by atoms with Gasteiger partial charge in [0.15, 0.2) is 0 Å². The molecule has 0 heterocycles. The van der Waals surface area contributed by atoms with Crippen molar-refractivity contribution in [1.29, 1.82) is 0 Å². The van der Waals surface area contributed by atoms with E-state index in [2.05, 4.69) is 15.9 Å². The maximum Gasteiger partial charge on any atom is 0.255 e. The number of benzene rings is 1. The van der Waals surface area contributed by atoms with E-state index in [1.54, 1.807) is 0 Å². The number of primary amides is 1. The van der Waals surface area contributed by atoms with Gasteiger partial charge >= 0.3 is 0 Å². The topological polar surface area (TPSA) is 63.4 Å². The fraction of sp³-hybridized carbons (Fsp3) is 0.429. The third-order valence-electron chi connectivity index (χ3n) is 2.77. The van der Waals surface area contributed by atoms with Crippen LogP contribution in [0.4, 0.5) is 0 Å². The molecule has 1 aromatic carbocycles. The number of unbranched alkanes of at least 4 members (excludes halogenated alkanes) is 1. The van der Waals surface area contributed by atoms with E-state index in [9.17, 15) is 9.59 Å². The Balaban J connectivity index is 2.97. The molecule has 0 aromatic heterocycles. The van der Waals surface area contributed by atoms with Gasteiger partial charge in [-0.3, -0.25) is 9.59 Å². The molecule has 0 aliphatic carbocycles. The number of nitrogens with zero attached hydrogens (tertiary/aromatic N) is 1. The Labute approximate surface area is 122 Å². The first-order valence-electron chi connectivity index (χ1n) is 6.29. The summed E-state index contributed by atoms with van der Waals surface area (Å²) in [5, 5.41) is 0. The van der Waals surface area contributed by atoms with Gasteiger partial charge in [-0.2, -0.15) is 0 Å². The molecule has 0 unspecified atom stereocenters. The number of carbonyl (C=O) groups excluding carboxylic acids is 2. The first kappa shape index (κ1) is 15.7. The van der Waals surface area contributed by atoms with Gasteiger partial charge in [-0.15, -0.1) is 0 Å². The lowest BCUT2D eigenvalue weighted by Gasteiger charge is -2.21. The summed E-state index contributed by atoms with van der Waals surface area (Å²) in [6.07, 6.45) is 1.81. The van der Waals surface area contributed by atoms with Crippen LogP contribution in [0.3, 0.4) is 0 Å². The number of rotatable bonds is 6. The summed E-state index contributed by atoms with van der Waals surface area (Å²) in [6, 6.07) is 5.57. The predicted octanol–water partition coefficient (Wildman–Crippen LogP) is 2.49. The predicted molar refractivity (Wildman–Crippen MR) is 78.9 cm³/mol. The molecule has 1 rings (SSSR count). The maximum atomic E-state index is 12.4. The summed E-state index contributed by atoms with van der Waals surface area (Å²) in [4.78, 5) is 25.0. The van der Waals surface area contributed by atoms with Gasteiger partial charge < -0.3 is 10.6 Å². The second-order valence-corrected chi connectivity index (χ2v) is 5.38. The van der Waals surface area contributed by atoms with Gasteiger partial charge in [-0.25, -0.2) is 0 Å². The van der Waals surface area contributed by atoms with Crippen LogP contribution >= 0.6 is 15.9 Å². The van der Waals surface area contributed by atoms with Gasteiger partial charge in [-0.1, -0.05) is 25.0 Å². The number of aryl methyl sites for hydroxylation is 1. The number of halogens is 1. The van der Waals surface area contributed by atoms with Crippen LogP contribution < -0.4 is 5.73 Å². The summed E-state index contributed by atoms with van der Waals surface area (Å²) in [7, 11) is 0. The van der Waals surface area contributed by atoms with Crippen molar-refractivity contribution < 1.29 is 9.59 Å². The average Bonchev–Trinajstić information content (AvgIpc) is 2.36. The van der Waals surface area contributed by atoms with Gasteiger partial charge in [0.05, 0.1) is 12.1 Å². The second-order valence-electron chi connectivity index (χ2n) is 4.53. The molecule has 0 fully saturated rings. The molecule has 19 heavy (non-hydrogen) atoms. The van der Waals surface area contributed by atoms with Crippen molar-refractivity contribution in [2.45, 2.75) is 26.7 Å². The molecule has 2 amide bonds. The van der Waals surface area contributed by atoms with E-state index < -0.39 is 5.91 Å². The first-order valence-corrected chi connectivity index (χ1v) is 7.08. The monoisotopic (exact) mass is 326 g/mol. The zero-order valence-corrected chi connectivity index (χ0v) is 12.9. The molecule has 0 bridgehead atoms. The van der Waals surface area contributed by atoms with Crippen molar-refractivity contribution in [3.8, 4) is 0 Å². The van der Waals surface area contributed by atoms with Crippen LogP contribution in [0, 0.1) is 6.92 Å². The van der Waals surface area contributed by atoms with Gasteiger partial charge in [0.2, 0.25) is 5.91 Å². The molecule has 0 atom stereocenters. The Morgan fingerprint density at radius 1 is 1.37 bits per heavy atom. The molecule has 2 N–H and O–H groups in total. The summed E-state index contributed by atoms with van der Waals surface area (Å²) >= 11 is 3.37. The minimum absolute atomic E-state index is 0.0424. The molecule has 0 spiro atoms. The largest absolute Gasteiger partial charge is 0.368 e. The highest BCUT2D eigenvalue weighted by Crippen LogP contribution is 2.20. The van der Waals surface area contributed by atoms with E-state index in [1.165, 1.54) is 4.90 Å². The quantitative estimate of drug-likeness (QED) is 0.872. The van der Waals surface area contributed by atoms with Crippen LogP contribution in [0.1, 0.15) is 35.7 Å². The highest BCUT2D eigenvalue weighted by Gasteiger charge is 2.19. The lowest BCUT2D eigenvalue weighted by atomic mass is 10.1. The molecule has 0 radical (unpaired) electrons. The van der Waals surface area contributed by atoms with Crippen molar-refractivity contribution in [2.24, 2.45) is 5.73 Å². The lowest BCUT2D eigenvalue weighted by molar-refractivity contribution is -0.118. The van der Waals surface area contributed by atoms with E-state index in [-0.39, 0.29) is 12.5 Å². The SMILES string of the molecule is CCCCN(CC(N)=O)C(=O)c1cc(C)ccc1Br. The highest BCUT2D eigenvalue weighted by molar-refractivity contribution is 9.10. The van der Waals surface area contributed by atoms with E-state index >= 15 is 0 Å². The third kappa shape index (κ3) is 4.67. The van der Waals surface area contributed by atoms with E-state index in [1.807, 2.05) is 32.0 Å². The van der Waals surface area contributed by atoms with E-state index in [0.717, 1.165) is 22.9 Å². The lowest BCUT2D eigenvalue weighted by Crippen LogP contribution is -2.39. The molecule has 104 valence electrons. The molecule has 0 saturated carbocycles. The standard InChI is InChI=1S/C14H19BrN2O2/c1-3-4-7-17(9-13(16)18)14(19)11-8-10(2)5-6-12(11)15/h5-6,8H,3-4,7,9H2,1-2H3,(H2,16,18). The Morgan fingerprint density at radius 2 is 2.05 bits per heavy atom. The van der Waals surface area contributed by atoms with Crippen LogP contribution in [-0.4, -0.2) is 29.8 Å². The van der Waals surface area contributed by atoms with Crippen LogP contribution in [-0.2, 0) is 4.79 Å². The van der Waals surface area contributed by atoms with Gasteiger partial charge in [0, 0.05) is 11.0 Å². The zero-order valence-electron chi connectivity index (χ0n) is 11.3. The van der Waals surface area contributed by atoms with Crippen molar-refractivity contribution in [3.05, 3.63) is 33.8 Å². The smallest absolute Gasteiger partial charge is 0.255 e. The molecule has 0 aliphatic heterocycles. The molecule has 1 aromatic rings.